The van der Waals surface area contributed by atoms with Crippen LogP contribution < -0.4 is 5.73 Å². The summed E-state index contributed by atoms with van der Waals surface area (Å²) in [6.07, 6.45) is 0. The van der Waals surface area contributed by atoms with E-state index in [0.717, 1.165) is 6.54 Å². The van der Waals surface area contributed by atoms with Crippen molar-refractivity contribution < 1.29 is 0 Å². The van der Waals surface area contributed by atoms with E-state index in [2.05, 4.69) is 28.2 Å². The van der Waals surface area contributed by atoms with Crippen molar-refractivity contribution in [1.29, 1.82) is 0 Å². The van der Waals surface area contributed by atoms with Crippen molar-refractivity contribution in [2.45, 2.75) is 19.0 Å². The largest absolute Gasteiger partial charge is 0.323 e. The molecule has 16 heavy (non-hydrogen) atoms. The number of nitrogens with zero attached hydrogens (tertiary/aromatic N) is 2. The van der Waals surface area contributed by atoms with Gasteiger partial charge in [-0.15, -0.1) is 11.3 Å². The van der Waals surface area contributed by atoms with E-state index in [1.54, 1.807) is 11.3 Å². The maximum atomic E-state index is 6.44. The quantitative estimate of drug-likeness (QED) is 0.835. The average Bonchev–Trinajstić information content (AvgIpc) is 2.76. The van der Waals surface area contributed by atoms with Gasteiger partial charge in [-0.3, -0.25) is 9.80 Å². The Morgan fingerprint density at radius 2 is 2.12 bits per heavy atom. The highest BCUT2D eigenvalue weighted by atomic mass is 32.1. The first kappa shape index (κ1) is 10.7. The topological polar surface area (TPSA) is 32.5 Å². The smallest absolute Gasteiger partial charge is 0.0476 e. The second-order valence-corrected chi connectivity index (χ2v) is 5.98. The average molecular weight is 237 g/mol. The van der Waals surface area contributed by atoms with Gasteiger partial charge in [-0.1, -0.05) is 0 Å². The Bertz CT molecular complexity index is 368. The van der Waals surface area contributed by atoms with Gasteiger partial charge < -0.3 is 5.73 Å². The maximum absolute atomic E-state index is 6.44. The van der Waals surface area contributed by atoms with Gasteiger partial charge in [0.1, 0.15) is 0 Å². The van der Waals surface area contributed by atoms with Gasteiger partial charge in [0.2, 0.25) is 0 Å². The van der Waals surface area contributed by atoms with Crippen LogP contribution in [0.25, 0.3) is 0 Å². The van der Waals surface area contributed by atoms with E-state index < -0.39 is 0 Å². The van der Waals surface area contributed by atoms with Crippen LogP contribution in [0.2, 0.25) is 0 Å². The van der Waals surface area contributed by atoms with E-state index in [1.807, 2.05) is 0 Å². The van der Waals surface area contributed by atoms with E-state index in [-0.39, 0.29) is 6.04 Å². The van der Waals surface area contributed by atoms with Crippen molar-refractivity contribution in [1.82, 2.24) is 9.80 Å². The SMILES string of the molecule is Cc1sccc1C(N)C1CN2CCN1CC2. The molecule has 0 spiro atoms. The first-order valence-electron chi connectivity index (χ1n) is 6.01. The van der Waals surface area contributed by atoms with E-state index in [9.17, 15) is 0 Å². The molecule has 3 fully saturated rings. The molecule has 4 heteroatoms. The molecule has 1 aromatic heterocycles. The van der Waals surface area contributed by atoms with Crippen molar-refractivity contribution in [3.8, 4) is 0 Å². The van der Waals surface area contributed by atoms with Crippen LogP contribution in [-0.4, -0.2) is 48.6 Å². The van der Waals surface area contributed by atoms with E-state index >= 15 is 0 Å². The molecule has 3 saturated heterocycles. The molecular weight excluding hydrogens is 218 g/mol. The van der Waals surface area contributed by atoms with E-state index in [1.165, 1.54) is 36.6 Å². The molecule has 0 saturated carbocycles. The van der Waals surface area contributed by atoms with Crippen molar-refractivity contribution in [2.75, 3.05) is 32.7 Å². The fourth-order valence-electron chi connectivity index (χ4n) is 2.95. The lowest BCUT2D eigenvalue weighted by molar-refractivity contribution is 0.00213. The summed E-state index contributed by atoms with van der Waals surface area (Å²) in [5, 5.41) is 2.15. The number of nitrogens with two attached hydrogens (primary N) is 1. The molecule has 3 aliphatic heterocycles. The minimum absolute atomic E-state index is 0.189. The van der Waals surface area contributed by atoms with Crippen molar-refractivity contribution in [3.05, 3.63) is 21.9 Å². The predicted octanol–water partition coefficient (Wildman–Crippen LogP) is 1.06. The number of aryl methyl sites for hydroxylation is 1. The Kier molecular flexibility index (Phi) is 2.75. The third kappa shape index (κ3) is 1.70. The van der Waals surface area contributed by atoms with Crippen LogP contribution in [0.15, 0.2) is 11.4 Å². The van der Waals surface area contributed by atoms with Crippen LogP contribution >= 0.6 is 11.3 Å². The molecule has 1 aromatic rings. The molecular formula is C12H19N3S. The molecule has 88 valence electrons. The zero-order chi connectivity index (χ0) is 11.1. The van der Waals surface area contributed by atoms with Crippen LogP contribution in [0.1, 0.15) is 16.5 Å². The van der Waals surface area contributed by atoms with Crippen LogP contribution in [-0.2, 0) is 0 Å². The highest BCUT2D eigenvalue weighted by Gasteiger charge is 2.36. The molecule has 0 amide bonds. The third-order valence-electron chi connectivity index (χ3n) is 3.99. The highest BCUT2D eigenvalue weighted by Crippen LogP contribution is 2.29. The zero-order valence-electron chi connectivity index (χ0n) is 9.72. The highest BCUT2D eigenvalue weighted by molar-refractivity contribution is 7.10. The second kappa shape index (κ2) is 4.11. The predicted molar refractivity (Wildman–Crippen MR) is 67.8 cm³/mol. The first-order chi connectivity index (χ1) is 7.75. The summed E-state index contributed by atoms with van der Waals surface area (Å²) >= 11 is 1.80. The Hall–Kier alpha value is -0.420. The van der Waals surface area contributed by atoms with Gasteiger partial charge in [-0.05, 0) is 23.9 Å². The van der Waals surface area contributed by atoms with Crippen LogP contribution in [0, 0.1) is 6.92 Å². The Labute approximate surface area is 101 Å². The van der Waals surface area contributed by atoms with Crippen molar-refractivity contribution in [2.24, 2.45) is 5.73 Å². The van der Waals surface area contributed by atoms with Gasteiger partial charge in [0.15, 0.2) is 0 Å². The molecule has 2 bridgehead atoms. The molecule has 0 aromatic carbocycles. The number of fused-ring (bicyclic) bond motifs is 3. The molecule has 3 aliphatic rings. The maximum Gasteiger partial charge on any atom is 0.0476 e. The van der Waals surface area contributed by atoms with Crippen LogP contribution in [0.3, 0.4) is 0 Å². The second-order valence-electron chi connectivity index (χ2n) is 4.86. The van der Waals surface area contributed by atoms with Gasteiger partial charge in [-0.25, -0.2) is 0 Å². The van der Waals surface area contributed by atoms with E-state index in [0.29, 0.717) is 6.04 Å². The number of thiophene rings is 1. The van der Waals surface area contributed by atoms with Gasteiger partial charge >= 0.3 is 0 Å². The van der Waals surface area contributed by atoms with Crippen LogP contribution in [0.4, 0.5) is 0 Å². The minimum atomic E-state index is 0.189. The summed E-state index contributed by atoms with van der Waals surface area (Å²) < 4.78 is 0. The van der Waals surface area contributed by atoms with Gasteiger partial charge in [-0.2, -0.15) is 0 Å². The van der Waals surface area contributed by atoms with Crippen molar-refractivity contribution in [3.63, 3.8) is 0 Å². The molecule has 0 radical (unpaired) electrons. The number of hydrogen-bond donors (Lipinski definition) is 1. The fourth-order valence-corrected chi connectivity index (χ4v) is 3.71. The van der Waals surface area contributed by atoms with Crippen LogP contribution in [0.5, 0.6) is 0 Å². The molecule has 2 N–H and O–H groups in total. The first-order valence-corrected chi connectivity index (χ1v) is 6.89. The molecule has 4 heterocycles. The number of hydrogen-bond acceptors (Lipinski definition) is 4. The monoisotopic (exact) mass is 237 g/mol. The fraction of sp³-hybridized carbons (Fsp3) is 0.667. The summed E-state index contributed by atoms with van der Waals surface area (Å²) in [7, 11) is 0. The summed E-state index contributed by atoms with van der Waals surface area (Å²) in [4.78, 5) is 6.50. The summed E-state index contributed by atoms with van der Waals surface area (Å²) in [5.74, 6) is 0. The lowest BCUT2D eigenvalue weighted by Crippen LogP contribution is -2.63. The summed E-state index contributed by atoms with van der Waals surface area (Å²) in [5.41, 5.74) is 7.79. The molecule has 4 rings (SSSR count). The molecule has 2 unspecified atom stereocenters. The lowest BCUT2D eigenvalue weighted by Gasteiger charge is -2.49. The zero-order valence-corrected chi connectivity index (χ0v) is 10.5. The standard InChI is InChI=1S/C12H19N3S/c1-9-10(2-7-16-9)12(13)11-8-14-3-5-15(11)6-4-14/h2,7,11-12H,3-6,8,13H2,1H3. The Balaban J connectivity index is 1.80. The number of rotatable bonds is 2. The minimum Gasteiger partial charge on any atom is -0.323 e. The Morgan fingerprint density at radius 1 is 1.38 bits per heavy atom. The summed E-state index contributed by atoms with van der Waals surface area (Å²) in [6.45, 7) is 8.17. The molecule has 0 aliphatic carbocycles. The normalized spacial score (nSPS) is 35.2. The van der Waals surface area contributed by atoms with E-state index in [4.69, 9.17) is 5.73 Å². The van der Waals surface area contributed by atoms with Crippen molar-refractivity contribution >= 4 is 11.3 Å². The van der Waals surface area contributed by atoms with Gasteiger partial charge in [0, 0.05) is 49.7 Å². The Morgan fingerprint density at radius 3 is 2.62 bits per heavy atom. The lowest BCUT2D eigenvalue weighted by atomic mass is 9.95. The molecule has 3 nitrogen and oxygen atoms in total. The third-order valence-corrected chi connectivity index (χ3v) is 4.86. The van der Waals surface area contributed by atoms with Gasteiger partial charge in [0.05, 0.1) is 0 Å². The summed E-state index contributed by atoms with van der Waals surface area (Å²) in [6, 6.07) is 2.91. The molecule has 2 atom stereocenters. The van der Waals surface area contributed by atoms with Gasteiger partial charge in [0.25, 0.3) is 0 Å². The number of piperazine rings is 3.